The summed E-state index contributed by atoms with van der Waals surface area (Å²) in [7, 11) is 4.71. The van der Waals surface area contributed by atoms with E-state index in [1.807, 2.05) is 36.4 Å². The normalized spacial score (nSPS) is 13.5. The van der Waals surface area contributed by atoms with E-state index in [-0.39, 0.29) is 6.61 Å². The molecule has 0 heterocycles. The van der Waals surface area contributed by atoms with Gasteiger partial charge in [-0.3, -0.25) is 0 Å². The average molecular weight is 288 g/mol. The third-order valence-corrected chi connectivity index (χ3v) is 3.47. The molecule has 21 heavy (non-hydrogen) atoms. The van der Waals surface area contributed by atoms with Crippen molar-refractivity contribution in [3.8, 4) is 11.5 Å². The number of benzene rings is 2. The van der Waals surface area contributed by atoms with Crippen LogP contribution in [-0.4, -0.2) is 33.0 Å². The highest BCUT2D eigenvalue weighted by atomic mass is 16.5. The minimum atomic E-state index is -1.24. The fourth-order valence-electron chi connectivity index (χ4n) is 2.35. The van der Waals surface area contributed by atoms with Gasteiger partial charge < -0.3 is 19.3 Å². The molecule has 2 aromatic rings. The largest absolute Gasteiger partial charge is 0.493 e. The van der Waals surface area contributed by atoms with Crippen molar-refractivity contribution in [3.05, 3.63) is 59.7 Å². The summed E-state index contributed by atoms with van der Waals surface area (Å²) in [5.41, 5.74) is 0.211. The third kappa shape index (κ3) is 3.01. The minimum absolute atomic E-state index is 0.145. The second-order valence-corrected chi connectivity index (χ2v) is 4.73. The molecule has 0 saturated carbocycles. The predicted molar refractivity (Wildman–Crippen MR) is 80.9 cm³/mol. The topological polar surface area (TPSA) is 47.9 Å². The molecule has 0 unspecified atom stereocenters. The fourth-order valence-corrected chi connectivity index (χ4v) is 2.35. The van der Waals surface area contributed by atoms with Gasteiger partial charge in [0.05, 0.1) is 20.8 Å². The van der Waals surface area contributed by atoms with Crippen LogP contribution in [0.15, 0.2) is 48.5 Å². The van der Waals surface area contributed by atoms with E-state index in [9.17, 15) is 5.11 Å². The van der Waals surface area contributed by atoms with Gasteiger partial charge in [-0.2, -0.15) is 0 Å². The van der Waals surface area contributed by atoms with Crippen LogP contribution in [-0.2, 0) is 10.3 Å². The van der Waals surface area contributed by atoms with Crippen LogP contribution in [0.2, 0.25) is 0 Å². The molecule has 0 bridgehead atoms. The molecule has 4 nitrogen and oxygen atoms in total. The Morgan fingerprint density at radius 1 is 0.857 bits per heavy atom. The summed E-state index contributed by atoms with van der Waals surface area (Å²) in [5, 5.41) is 11.1. The molecule has 0 aliphatic rings. The van der Waals surface area contributed by atoms with Gasteiger partial charge in [-0.05, 0) is 23.3 Å². The Hall–Kier alpha value is -2.04. The van der Waals surface area contributed by atoms with E-state index in [0.29, 0.717) is 17.1 Å². The van der Waals surface area contributed by atoms with Crippen molar-refractivity contribution in [2.24, 2.45) is 0 Å². The fraction of sp³-hybridized carbons (Fsp3) is 0.294. The number of aliphatic hydroxyl groups is 1. The van der Waals surface area contributed by atoms with E-state index in [0.717, 1.165) is 5.56 Å². The number of hydrogen-bond acceptors (Lipinski definition) is 4. The maximum Gasteiger partial charge on any atom is 0.161 e. The van der Waals surface area contributed by atoms with E-state index in [4.69, 9.17) is 14.2 Å². The summed E-state index contributed by atoms with van der Waals surface area (Å²) in [6, 6.07) is 14.8. The second kappa shape index (κ2) is 6.61. The maximum absolute atomic E-state index is 11.1. The van der Waals surface area contributed by atoms with Gasteiger partial charge in [0.1, 0.15) is 5.60 Å². The molecule has 0 aromatic heterocycles. The van der Waals surface area contributed by atoms with E-state index < -0.39 is 5.60 Å². The van der Waals surface area contributed by atoms with Gasteiger partial charge in [0, 0.05) is 7.11 Å². The molecule has 0 spiro atoms. The maximum atomic E-state index is 11.1. The van der Waals surface area contributed by atoms with Crippen molar-refractivity contribution in [2.45, 2.75) is 5.60 Å². The first-order chi connectivity index (χ1) is 10.2. The van der Waals surface area contributed by atoms with Crippen molar-refractivity contribution >= 4 is 0 Å². The van der Waals surface area contributed by atoms with E-state index in [1.54, 1.807) is 33.5 Å². The molecule has 0 aliphatic carbocycles. The molecule has 2 rings (SSSR count). The summed E-state index contributed by atoms with van der Waals surface area (Å²) in [5.74, 6) is 1.19. The van der Waals surface area contributed by atoms with Crippen LogP contribution in [0, 0.1) is 0 Å². The number of hydrogen-bond donors (Lipinski definition) is 1. The van der Waals surface area contributed by atoms with Crippen LogP contribution in [0.4, 0.5) is 0 Å². The molecular formula is C17H20O4. The van der Waals surface area contributed by atoms with Crippen LogP contribution in [0.1, 0.15) is 11.1 Å². The molecular weight excluding hydrogens is 268 g/mol. The smallest absolute Gasteiger partial charge is 0.161 e. The summed E-state index contributed by atoms with van der Waals surface area (Å²) in [4.78, 5) is 0. The SMILES string of the molecule is COC[C@](O)(c1ccccc1)c1ccc(OC)c(OC)c1. The van der Waals surface area contributed by atoms with Crippen LogP contribution < -0.4 is 9.47 Å². The standard InChI is InChI=1S/C17H20O4/c1-19-12-17(18,13-7-5-4-6-8-13)14-9-10-15(20-2)16(11-14)21-3/h4-11,18H,12H2,1-3H3/t17-/m0/s1. The molecule has 0 amide bonds. The van der Waals surface area contributed by atoms with Crippen molar-refractivity contribution in [1.29, 1.82) is 0 Å². The zero-order chi connectivity index (χ0) is 15.3. The van der Waals surface area contributed by atoms with Crippen molar-refractivity contribution in [1.82, 2.24) is 0 Å². The Balaban J connectivity index is 2.52. The van der Waals surface area contributed by atoms with Gasteiger partial charge in [0.15, 0.2) is 11.5 Å². The van der Waals surface area contributed by atoms with Crippen LogP contribution >= 0.6 is 0 Å². The Morgan fingerprint density at radius 2 is 1.52 bits per heavy atom. The summed E-state index contributed by atoms with van der Waals surface area (Å²) in [6.45, 7) is 0.145. The highest BCUT2D eigenvalue weighted by Gasteiger charge is 2.32. The van der Waals surface area contributed by atoms with Gasteiger partial charge in [-0.1, -0.05) is 36.4 Å². The second-order valence-electron chi connectivity index (χ2n) is 4.73. The summed E-state index contributed by atoms with van der Waals surface area (Å²) >= 11 is 0. The van der Waals surface area contributed by atoms with E-state index in [1.165, 1.54) is 0 Å². The Kier molecular flexibility index (Phi) is 4.83. The predicted octanol–water partition coefficient (Wildman–Crippen LogP) is 2.59. The van der Waals surface area contributed by atoms with Crippen LogP contribution in [0.3, 0.4) is 0 Å². The molecule has 1 N–H and O–H groups in total. The quantitative estimate of drug-likeness (QED) is 0.887. The molecule has 0 aliphatic heterocycles. The molecule has 4 heteroatoms. The molecule has 1 atom stereocenters. The summed E-state index contributed by atoms with van der Waals surface area (Å²) in [6.07, 6.45) is 0. The Bertz CT molecular complexity index is 583. The molecule has 0 fully saturated rings. The number of methoxy groups -OCH3 is 3. The Labute approximate surface area is 124 Å². The average Bonchev–Trinajstić information content (AvgIpc) is 2.55. The molecule has 2 aromatic carbocycles. The summed E-state index contributed by atoms with van der Waals surface area (Å²) < 4.78 is 15.8. The van der Waals surface area contributed by atoms with Crippen LogP contribution in [0.25, 0.3) is 0 Å². The third-order valence-electron chi connectivity index (χ3n) is 3.47. The van der Waals surface area contributed by atoms with Crippen LogP contribution in [0.5, 0.6) is 11.5 Å². The number of rotatable bonds is 6. The zero-order valence-corrected chi connectivity index (χ0v) is 12.5. The molecule has 112 valence electrons. The molecule has 0 saturated heterocycles. The lowest BCUT2D eigenvalue weighted by atomic mass is 9.87. The highest BCUT2D eigenvalue weighted by molar-refractivity contribution is 5.47. The first-order valence-corrected chi connectivity index (χ1v) is 6.65. The van der Waals surface area contributed by atoms with Crippen molar-refractivity contribution in [3.63, 3.8) is 0 Å². The lowest BCUT2D eigenvalue weighted by Gasteiger charge is -2.29. The van der Waals surface area contributed by atoms with Crippen molar-refractivity contribution in [2.75, 3.05) is 27.9 Å². The van der Waals surface area contributed by atoms with Gasteiger partial charge in [-0.25, -0.2) is 0 Å². The minimum Gasteiger partial charge on any atom is -0.493 e. The lowest BCUT2D eigenvalue weighted by Crippen LogP contribution is -2.32. The van der Waals surface area contributed by atoms with Crippen molar-refractivity contribution < 1.29 is 19.3 Å². The first-order valence-electron chi connectivity index (χ1n) is 6.65. The van der Waals surface area contributed by atoms with Gasteiger partial charge in [0.25, 0.3) is 0 Å². The van der Waals surface area contributed by atoms with Gasteiger partial charge >= 0.3 is 0 Å². The number of ether oxygens (including phenoxy) is 3. The van der Waals surface area contributed by atoms with Gasteiger partial charge in [0.2, 0.25) is 0 Å². The van der Waals surface area contributed by atoms with Gasteiger partial charge in [-0.15, -0.1) is 0 Å². The lowest BCUT2D eigenvalue weighted by molar-refractivity contribution is -0.00343. The highest BCUT2D eigenvalue weighted by Crippen LogP contribution is 2.36. The first kappa shape index (κ1) is 15.4. The van der Waals surface area contributed by atoms with E-state index >= 15 is 0 Å². The Morgan fingerprint density at radius 3 is 2.10 bits per heavy atom. The zero-order valence-electron chi connectivity index (χ0n) is 12.5. The molecule has 0 radical (unpaired) electrons. The van der Waals surface area contributed by atoms with E-state index in [2.05, 4.69) is 0 Å². The monoisotopic (exact) mass is 288 g/mol.